The van der Waals surface area contributed by atoms with Gasteiger partial charge in [-0.3, -0.25) is 0 Å². The fraction of sp³-hybridized carbons (Fsp3) is 0.273. The number of amides is 2. The van der Waals surface area contributed by atoms with Gasteiger partial charge in [0, 0.05) is 31.3 Å². The van der Waals surface area contributed by atoms with Crippen molar-refractivity contribution in [2.24, 2.45) is 0 Å². The molecule has 1 aromatic heterocycles. The molecule has 2 heterocycles. The Bertz CT molecular complexity index is 952. The number of hydrogen-bond acceptors (Lipinski definition) is 3. The van der Waals surface area contributed by atoms with Crippen molar-refractivity contribution < 1.29 is 9.53 Å². The second kappa shape index (κ2) is 7.66. The molecule has 1 atom stereocenters. The number of fused-ring (bicyclic) bond motifs is 1. The van der Waals surface area contributed by atoms with E-state index in [4.69, 9.17) is 4.74 Å². The first-order valence-corrected chi connectivity index (χ1v) is 9.29. The SMILES string of the molecule is Cc1cccc(OC2CCN(C(=O)NCc3cccc4ccccc34)C2)n1. The number of nitrogens with one attached hydrogen (secondary N) is 1. The van der Waals surface area contributed by atoms with Crippen LogP contribution in [0.25, 0.3) is 10.8 Å². The highest BCUT2D eigenvalue weighted by atomic mass is 16.5. The molecule has 27 heavy (non-hydrogen) atoms. The van der Waals surface area contributed by atoms with Gasteiger partial charge in [0.1, 0.15) is 6.10 Å². The number of rotatable bonds is 4. The van der Waals surface area contributed by atoms with Gasteiger partial charge in [-0.15, -0.1) is 0 Å². The molecule has 1 unspecified atom stereocenters. The summed E-state index contributed by atoms with van der Waals surface area (Å²) in [7, 11) is 0. The van der Waals surface area contributed by atoms with E-state index in [-0.39, 0.29) is 12.1 Å². The molecule has 1 N–H and O–H groups in total. The second-order valence-electron chi connectivity index (χ2n) is 6.89. The first-order chi connectivity index (χ1) is 13.2. The standard InChI is InChI=1S/C22H23N3O2/c1-16-6-4-11-21(24-16)27-19-12-13-25(15-19)22(26)23-14-18-9-5-8-17-7-2-3-10-20(17)18/h2-11,19H,12-15H2,1H3,(H,23,26). The number of benzene rings is 2. The molecule has 0 aliphatic carbocycles. The van der Waals surface area contributed by atoms with Crippen LogP contribution < -0.4 is 10.1 Å². The number of aryl methyl sites for hydroxylation is 1. The van der Waals surface area contributed by atoms with E-state index >= 15 is 0 Å². The molecule has 1 saturated heterocycles. The summed E-state index contributed by atoms with van der Waals surface area (Å²) in [5, 5.41) is 5.40. The van der Waals surface area contributed by atoms with Gasteiger partial charge in [0.2, 0.25) is 5.88 Å². The molecule has 0 saturated carbocycles. The van der Waals surface area contributed by atoms with Crippen LogP contribution in [0.2, 0.25) is 0 Å². The van der Waals surface area contributed by atoms with Crippen LogP contribution in [0, 0.1) is 6.92 Å². The molecule has 0 bridgehead atoms. The fourth-order valence-electron chi connectivity index (χ4n) is 3.49. The van der Waals surface area contributed by atoms with E-state index in [1.54, 1.807) is 0 Å². The zero-order chi connectivity index (χ0) is 18.6. The van der Waals surface area contributed by atoms with E-state index in [9.17, 15) is 4.79 Å². The van der Waals surface area contributed by atoms with Crippen LogP contribution in [0.5, 0.6) is 5.88 Å². The van der Waals surface area contributed by atoms with Crippen LogP contribution in [-0.2, 0) is 6.54 Å². The summed E-state index contributed by atoms with van der Waals surface area (Å²) in [6.07, 6.45) is 0.805. The van der Waals surface area contributed by atoms with E-state index in [0.717, 1.165) is 17.7 Å². The zero-order valence-corrected chi connectivity index (χ0v) is 15.4. The van der Waals surface area contributed by atoms with Crippen LogP contribution in [-0.4, -0.2) is 35.1 Å². The molecule has 0 spiro atoms. The molecule has 138 valence electrons. The minimum absolute atomic E-state index is 0.0115. The highest BCUT2D eigenvalue weighted by molar-refractivity contribution is 5.86. The van der Waals surface area contributed by atoms with Gasteiger partial charge in [-0.05, 0) is 29.3 Å². The Morgan fingerprint density at radius 3 is 2.85 bits per heavy atom. The van der Waals surface area contributed by atoms with Gasteiger partial charge < -0.3 is 15.0 Å². The zero-order valence-electron chi connectivity index (χ0n) is 15.4. The lowest BCUT2D eigenvalue weighted by molar-refractivity contribution is 0.183. The number of carbonyl (C=O) groups is 1. The Morgan fingerprint density at radius 1 is 1.15 bits per heavy atom. The molecule has 2 aromatic carbocycles. The Labute approximate surface area is 159 Å². The molecular formula is C22H23N3O2. The summed E-state index contributed by atoms with van der Waals surface area (Å²) >= 11 is 0. The maximum absolute atomic E-state index is 12.6. The van der Waals surface area contributed by atoms with E-state index in [1.807, 2.05) is 48.2 Å². The quantitative estimate of drug-likeness (QED) is 0.767. The second-order valence-corrected chi connectivity index (χ2v) is 6.89. The number of hydrogen-bond donors (Lipinski definition) is 1. The van der Waals surface area contributed by atoms with Gasteiger partial charge in [0.05, 0.1) is 6.54 Å². The Hall–Kier alpha value is -3.08. The Morgan fingerprint density at radius 2 is 1.96 bits per heavy atom. The van der Waals surface area contributed by atoms with Crippen molar-refractivity contribution >= 4 is 16.8 Å². The van der Waals surface area contributed by atoms with Crippen LogP contribution in [0.4, 0.5) is 4.79 Å². The van der Waals surface area contributed by atoms with Crippen LogP contribution in [0.1, 0.15) is 17.7 Å². The monoisotopic (exact) mass is 361 g/mol. The van der Waals surface area contributed by atoms with E-state index in [2.05, 4.69) is 34.6 Å². The van der Waals surface area contributed by atoms with Gasteiger partial charge in [-0.2, -0.15) is 0 Å². The van der Waals surface area contributed by atoms with Crippen LogP contribution in [0.15, 0.2) is 60.7 Å². The smallest absolute Gasteiger partial charge is 0.317 e. The van der Waals surface area contributed by atoms with Crippen molar-refractivity contribution in [3.8, 4) is 5.88 Å². The molecule has 2 amide bonds. The summed E-state index contributed by atoms with van der Waals surface area (Å²) < 4.78 is 5.92. The summed E-state index contributed by atoms with van der Waals surface area (Å²) in [5.41, 5.74) is 2.05. The molecule has 4 rings (SSSR count). The third-order valence-electron chi connectivity index (χ3n) is 4.89. The van der Waals surface area contributed by atoms with Crippen molar-refractivity contribution in [1.82, 2.24) is 15.2 Å². The van der Waals surface area contributed by atoms with Crippen LogP contribution >= 0.6 is 0 Å². The van der Waals surface area contributed by atoms with Crippen molar-refractivity contribution in [2.45, 2.75) is 26.0 Å². The fourth-order valence-corrected chi connectivity index (χ4v) is 3.49. The number of pyridine rings is 1. The molecule has 5 heteroatoms. The number of aromatic nitrogens is 1. The Balaban J connectivity index is 1.34. The normalized spacial score (nSPS) is 16.5. The number of nitrogens with zero attached hydrogens (tertiary/aromatic N) is 2. The van der Waals surface area contributed by atoms with E-state index in [1.165, 1.54) is 10.8 Å². The molecular weight excluding hydrogens is 338 g/mol. The van der Waals surface area contributed by atoms with Gasteiger partial charge in [0.25, 0.3) is 0 Å². The van der Waals surface area contributed by atoms with E-state index < -0.39 is 0 Å². The first-order valence-electron chi connectivity index (χ1n) is 9.29. The topological polar surface area (TPSA) is 54.5 Å². The number of likely N-dealkylation sites (tertiary alicyclic amines) is 1. The third kappa shape index (κ3) is 4.03. The van der Waals surface area contributed by atoms with Crippen molar-refractivity contribution in [3.63, 3.8) is 0 Å². The van der Waals surface area contributed by atoms with Crippen molar-refractivity contribution in [3.05, 3.63) is 71.9 Å². The van der Waals surface area contributed by atoms with Crippen LogP contribution in [0.3, 0.4) is 0 Å². The number of carbonyl (C=O) groups excluding carboxylic acids is 1. The van der Waals surface area contributed by atoms with Crippen molar-refractivity contribution in [2.75, 3.05) is 13.1 Å². The molecule has 1 aliphatic rings. The lowest BCUT2D eigenvalue weighted by atomic mass is 10.0. The predicted molar refractivity (Wildman–Crippen MR) is 106 cm³/mol. The van der Waals surface area contributed by atoms with Gasteiger partial charge in [-0.25, -0.2) is 9.78 Å². The number of urea groups is 1. The molecule has 1 aliphatic heterocycles. The first kappa shape index (κ1) is 17.3. The highest BCUT2D eigenvalue weighted by Crippen LogP contribution is 2.19. The van der Waals surface area contributed by atoms with Gasteiger partial charge in [-0.1, -0.05) is 48.5 Å². The van der Waals surface area contributed by atoms with Gasteiger partial charge >= 0.3 is 6.03 Å². The van der Waals surface area contributed by atoms with E-state index in [0.29, 0.717) is 25.5 Å². The Kier molecular flexibility index (Phi) is 4.92. The maximum atomic E-state index is 12.6. The minimum Gasteiger partial charge on any atom is -0.472 e. The number of ether oxygens (including phenoxy) is 1. The lowest BCUT2D eigenvalue weighted by Gasteiger charge is -2.18. The summed E-state index contributed by atoms with van der Waals surface area (Å²) in [4.78, 5) is 18.7. The molecule has 1 fully saturated rings. The molecule has 0 radical (unpaired) electrons. The molecule has 5 nitrogen and oxygen atoms in total. The average molecular weight is 361 g/mol. The van der Waals surface area contributed by atoms with Gasteiger partial charge in [0.15, 0.2) is 0 Å². The minimum atomic E-state index is -0.0498. The summed E-state index contributed by atoms with van der Waals surface area (Å²) in [5.74, 6) is 0.623. The maximum Gasteiger partial charge on any atom is 0.317 e. The van der Waals surface area contributed by atoms with Crippen molar-refractivity contribution in [1.29, 1.82) is 0 Å². The average Bonchev–Trinajstić information content (AvgIpc) is 3.14. The molecule has 3 aromatic rings. The summed E-state index contributed by atoms with van der Waals surface area (Å²) in [6.45, 7) is 3.73. The predicted octanol–water partition coefficient (Wildman–Crippen LogP) is 3.91. The third-order valence-corrected chi connectivity index (χ3v) is 4.89. The highest BCUT2D eigenvalue weighted by Gasteiger charge is 2.27. The summed E-state index contributed by atoms with van der Waals surface area (Å²) in [6, 6.07) is 20.1. The lowest BCUT2D eigenvalue weighted by Crippen LogP contribution is -2.39. The largest absolute Gasteiger partial charge is 0.472 e.